The van der Waals surface area contributed by atoms with Crippen LogP contribution in [0.3, 0.4) is 0 Å². The van der Waals surface area contributed by atoms with Gasteiger partial charge < -0.3 is 10.1 Å². The Morgan fingerprint density at radius 1 is 1.16 bits per heavy atom. The molecule has 0 atom stereocenters. The number of carbonyl (C=O) groups is 1. The summed E-state index contributed by atoms with van der Waals surface area (Å²) in [5.41, 5.74) is 3.18. The van der Waals surface area contributed by atoms with Crippen molar-refractivity contribution in [3.05, 3.63) is 70.8 Å². The molecule has 1 N–H and O–H groups in total. The number of hydrogen-bond donors (Lipinski definition) is 1. The van der Waals surface area contributed by atoms with Crippen LogP contribution in [0.5, 0.6) is 5.75 Å². The third-order valence-corrected chi connectivity index (χ3v) is 3.50. The lowest BCUT2D eigenvalue weighted by atomic mass is 10.1. The molecule has 128 valence electrons. The van der Waals surface area contributed by atoms with Gasteiger partial charge in [-0.1, -0.05) is 42.0 Å². The smallest absolute Gasteiger partial charge is 0.262 e. The van der Waals surface area contributed by atoms with Crippen molar-refractivity contribution in [2.45, 2.75) is 33.4 Å². The lowest BCUT2D eigenvalue weighted by molar-refractivity contribution is -0.117. The molecule has 0 heterocycles. The number of ether oxygens (including phenoxy) is 1. The van der Waals surface area contributed by atoms with Crippen molar-refractivity contribution in [1.29, 1.82) is 5.26 Å². The van der Waals surface area contributed by atoms with Crippen LogP contribution in [-0.4, -0.2) is 11.9 Å². The van der Waals surface area contributed by atoms with Gasteiger partial charge in [-0.25, -0.2) is 0 Å². The minimum absolute atomic E-state index is 0.0122. The first-order valence-electron chi connectivity index (χ1n) is 8.19. The summed E-state index contributed by atoms with van der Waals surface area (Å²) in [5, 5.41) is 11.9. The fourth-order valence-corrected chi connectivity index (χ4v) is 2.17. The van der Waals surface area contributed by atoms with E-state index in [-0.39, 0.29) is 17.5 Å². The Labute approximate surface area is 148 Å². The molecule has 0 aliphatic heterocycles. The maximum absolute atomic E-state index is 11.9. The van der Waals surface area contributed by atoms with E-state index in [0.717, 1.165) is 16.9 Å². The molecule has 0 spiro atoms. The molecule has 0 aliphatic rings. The number of amides is 1. The zero-order chi connectivity index (χ0) is 18.2. The molecule has 0 aliphatic carbocycles. The third-order valence-electron chi connectivity index (χ3n) is 3.50. The van der Waals surface area contributed by atoms with Gasteiger partial charge in [-0.05, 0) is 50.1 Å². The largest absolute Gasteiger partial charge is 0.489 e. The van der Waals surface area contributed by atoms with Gasteiger partial charge in [-0.15, -0.1) is 0 Å². The molecular formula is C21H22N2O2. The van der Waals surface area contributed by atoms with Crippen LogP contribution in [-0.2, 0) is 11.4 Å². The van der Waals surface area contributed by atoms with Crippen LogP contribution in [0.1, 0.15) is 30.5 Å². The zero-order valence-corrected chi connectivity index (χ0v) is 14.7. The van der Waals surface area contributed by atoms with E-state index in [0.29, 0.717) is 6.61 Å². The van der Waals surface area contributed by atoms with E-state index >= 15 is 0 Å². The van der Waals surface area contributed by atoms with Crippen molar-refractivity contribution in [2.24, 2.45) is 0 Å². The van der Waals surface area contributed by atoms with E-state index in [2.05, 4.69) is 17.4 Å². The van der Waals surface area contributed by atoms with Crippen LogP contribution in [0.25, 0.3) is 6.08 Å². The van der Waals surface area contributed by atoms with Gasteiger partial charge in [0.2, 0.25) is 0 Å². The highest BCUT2D eigenvalue weighted by molar-refractivity contribution is 6.01. The van der Waals surface area contributed by atoms with Crippen molar-refractivity contribution in [3.63, 3.8) is 0 Å². The lowest BCUT2D eigenvalue weighted by Gasteiger charge is -2.08. The van der Waals surface area contributed by atoms with Gasteiger partial charge in [0.1, 0.15) is 24.0 Å². The first-order chi connectivity index (χ1) is 12.0. The Bertz CT molecular complexity index is 782. The average molecular weight is 334 g/mol. The molecule has 0 fully saturated rings. The van der Waals surface area contributed by atoms with Crippen LogP contribution in [0.4, 0.5) is 0 Å². The summed E-state index contributed by atoms with van der Waals surface area (Å²) in [6.45, 7) is 6.25. The molecule has 0 saturated carbocycles. The number of benzene rings is 2. The maximum Gasteiger partial charge on any atom is 0.262 e. The molecule has 4 nitrogen and oxygen atoms in total. The van der Waals surface area contributed by atoms with Gasteiger partial charge in [0.15, 0.2) is 0 Å². The Morgan fingerprint density at radius 2 is 1.80 bits per heavy atom. The summed E-state index contributed by atoms with van der Waals surface area (Å²) in [7, 11) is 0. The van der Waals surface area contributed by atoms with Crippen molar-refractivity contribution in [3.8, 4) is 11.8 Å². The number of nitrogens with one attached hydrogen (secondary N) is 1. The Morgan fingerprint density at radius 3 is 2.36 bits per heavy atom. The van der Waals surface area contributed by atoms with Crippen molar-refractivity contribution >= 4 is 12.0 Å². The third kappa shape index (κ3) is 5.82. The molecule has 0 unspecified atom stereocenters. The van der Waals surface area contributed by atoms with Crippen LogP contribution >= 0.6 is 0 Å². The lowest BCUT2D eigenvalue weighted by Crippen LogP contribution is -2.30. The summed E-state index contributed by atoms with van der Waals surface area (Å²) < 4.78 is 5.75. The second-order valence-electron chi connectivity index (χ2n) is 6.14. The maximum atomic E-state index is 11.9. The molecular weight excluding hydrogens is 312 g/mol. The van der Waals surface area contributed by atoms with Crippen molar-refractivity contribution < 1.29 is 9.53 Å². The van der Waals surface area contributed by atoms with Crippen molar-refractivity contribution in [1.82, 2.24) is 5.32 Å². The number of rotatable bonds is 6. The molecule has 0 bridgehead atoms. The molecule has 2 aromatic rings. The highest BCUT2D eigenvalue weighted by Gasteiger charge is 2.09. The normalized spacial score (nSPS) is 11.1. The summed E-state index contributed by atoms with van der Waals surface area (Å²) >= 11 is 0. The predicted molar refractivity (Wildman–Crippen MR) is 98.8 cm³/mol. The molecule has 1 amide bonds. The minimum atomic E-state index is -0.364. The van der Waals surface area contributed by atoms with Crippen LogP contribution in [0.2, 0.25) is 0 Å². The molecule has 25 heavy (non-hydrogen) atoms. The average Bonchev–Trinajstić information content (AvgIpc) is 2.59. The van der Waals surface area contributed by atoms with E-state index in [9.17, 15) is 4.79 Å². The van der Waals surface area contributed by atoms with E-state index < -0.39 is 0 Å². The molecule has 2 aromatic carbocycles. The fourth-order valence-electron chi connectivity index (χ4n) is 2.17. The topological polar surface area (TPSA) is 62.1 Å². The van der Waals surface area contributed by atoms with Gasteiger partial charge in [-0.2, -0.15) is 5.26 Å². The van der Waals surface area contributed by atoms with E-state index in [4.69, 9.17) is 10.00 Å². The first-order valence-corrected chi connectivity index (χ1v) is 8.19. The first kappa shape index (κ1) is 18.3. The van der Waals surface area contributed by atoms with Crippen LogP contribution in [0, 0.1) is 18.3 Å². The highest BCUT2D eigenvalue weighted by atomic mass is 16.5. The number of carbonyl (C=O) groups excluding carboxylic acids is 1. The molecule has 2 rings (SSSR count). The van der Waals surface area contributed by atoms with E-state index in [1.54, 1.807) is 6.08 Å². The zero-order valence-electron chi connectivity index (χ0n) is 14.7. The van der Waals surface area contributed by atoms with Gasteiger partial charge >= 0.3 is 0 Å². The van der Waals surface area contributed by atoms with E-state index in [1.165, 1.54) is 5.56 Å². The Kier molecular flexibility index (Phi) is 6.36. The second kappa shape index (κ2) is 8.70. The summed E-state index contributed by atoms with van der Waals surface area (Å²) in [5.74, 6) is 0.375. The van der Waals surface area contributed by atoms with E-state index in [1.807, 2.05) is 63.2 Å². The van der Waals surface area contributed by atoms with Gasteiger partial charge in [0.25, 0.3) is 5.91 Å². The number of nitrogens with zero attached hydrogens (tertiary/aromatic N) is 1. The van der Waals surface area contributed by atoms with Gasteiger partial charge in [0.05, 0.1) is 0 Å². The number of nitriles is 1. The van der Waals surface area contributed by atoms with Gasteiger partial charge in [0, 0.05) is 6.04 Å². The fraction of sp³-hybridized carbons (Fsp3) is 0.238. The highest BCUT2D eigenvalue weighted by Crippen LogP contribution is 2.16. The SMILES string of the molecule is Cc1ccc(COc2ccc(/C=C(/C#N)C(=O)NC(C)C)cc2)cc1. The monoisotopic (exact) mass is 334 g/mol. The van der Waals surface area contributed by atoms with Crippen molar-refractivity contribution in [2.75, 3.05) is 0 Å². The number of aryl methyl sites for hydroxylation is 1. The molecule has 0 aromatic heterocycles. The minimum Gasteiger partial charge on any atom is -0.489 e. The Balaban J connectivity index is 2.01. The summed E-state index contributed by atoms with van der Waals surface area (Å²) in [4.78, 5) is 11.9. The summed E-state index contributed by atoms with van der Waals surface area (Å²) in [6.07, 6.45) is 1.57. The summed E-state index contributed by atoms with van der Waals surface area (Å²) in [6, 6.07) is 17.4. The molecule has 0 radical (unpaired) electrons. The quantitative estimate of drug-likeness (QED) is 0.641. The molecule has 4 heteroatoms. The van der Waals surface area contributed by atoms with Crippen LogP contribution in [0.15, 0.2) is 54.1 Å². The molecule has 0 saturated heterocycles. The number of hydrogen-bond acceptors (Lipinski definition) is 3. The standard InChI is InChI=1S/C21H22N2O2/c1-15(2)23-21(24)19(13-22)12-17-8-10-20(11-9-17)25-14-18-6-4-16(3)5-7-18/h4-12,15H,14H2,1-3H3,(H,23,24)/b19-12-. The Hall–Kier alpha value is -3.06. The van der Waals surface area contributed by atoms with Crippen LogP contribution < -0.4 is 10.1 Å². The van der Waals surface area contributed by atoms with Gasteiger partial charge in [-0.3, -0.25) is 4.79 Å². The second-order valence-corrected chi connectivity index (χ2v) is 6.14. The predicted octanol–water partition coefficient (Wildman–Crippen LogP) is 4.01.